The summed E-state index contributed by atoms with van der Waals surface area (Å²) in [5.41, 5.74) is 4.26. The number of primary amides is 1. The normalized spacial score (nSPS) is 12.4. The summed E-state index contributed by atoms with van der Waals surface area (Å²) < 4.78 is 9.17. The average molecular weight is 207 g/mol. The highest BCUT2D eigenvalue weighted by molar-refractivity contribution is 5.65. The molecule has 0 saturated heterocycles. The molecule has 0 aliphatic carbocycles. The van der Waals surface area contributed by atoms with E-state index in [1.807, 2.05) is 6.92 Å². The highest BCUT2D eigenvalue weighted by atomic mass is 16.6. The minimum absolute atomic E-state index is 0.453. The molecular formula is C9H21NO4. The molecule has 0 saturated carbocycles. The number of nitrogens with two attached hydrogens (primary N) is 1. The molecule has 0 radical (unpaired) electrons. The van der Waals surface area contributed by atoms with Crippen molar-refractivity contribution in [2.45, 2.75) is 46.5 Å². The Kier molecular flexibility index (Phi) is 8.48. The largest absolute Gasteiger partial charge is 0.444 e. The Bertz CT molecular complexity index is 151. The molecule has 0 aliphatic rings. The standard InChI is InChI=1S/C5H11NO2.C4H10O2/c1-5(2,3)8-4(6)7;1-3-6-4(2)5/h1-3H3,(H2,6,7);4-5H,3H2,1-2H3. The van der Waals surface area contributed by atoms with Crippen LogP contribution in [0.3, 0.4) is 0 Å². The second-order valence-corrected chi connectivity index (χ2v) is 3.59. The first-order chi connectivity index (χ1) is 6.19. The number of hydrogen-bond donors (Lipinski definition) is 2. The lowest BCUT2D eigenvalue weighted by Crippen LogP contribution is -2.27. The fourth-order valence-corrected chi connectivity index (χ4v) is 0.543. The number of amides is 1. The van der Waals surface area contributed by atoms with Gasteiger partial charge in [0.25, 0.3) is 0 Å². The average Bonchev–Trinajstić information content (AvgIpc) is 1.80. The summed E-state index contributed by atoms with van der Waals surface area (Å²) in [5, 5.41) is 8.33. The van der Waals surface area contributed by atoms with E-state index in [-0.39, 0.29) is 0 Å². The Balaban J connectivity index is 0. The van der Waals surface area contributed by atoms with Gasteiger partial charge in [0, 0.05) is 6.61 Å². The predicted molar refractivity (Wildman–Crippen MR) is 53.7 cm³/mol. The van der Waals surface area contributed by atoms with Crippen LogP contribution in [0, 0.1) is 0 Å². The van der Waals surface area contributed by atoms with Gasteiger partial charge in [-0.05, 0) is 34.6 Å². The molecule has 0 fully saturated rings. The minimum Gasteiger partial charge on any atom is -0.444 e. The molecule has 1 unspecified atom stereocenters. The van der Waals surface area contributed by atoms with Crippen LogP contribution in [0.15, 0.2) is 0 Å². The number of ether oxygens (including phenoxy) is 2. The van der Waals surface area contributed by atoms with Gasteiger partial charge < -0.3 is 20.3 Å². The second kappa shape index (κ2) is 7.58. The lowest BCUT2D eigenvalue weighted by atomic mass is 10.2. The summed E-state index contributed by atoms with van der Waals surface area (Å²) in [7, 11) is 0. The maximum atomic E-state index is 10.0. The molecule has 3 N–H and O–H groups in total. The van der Waals surface area contributed by atoms with Crippen molar-refractivity contribution in [1.29, 1.82) is 0 Å². The van der Waals surface area contributed by atoms with Crippen LogP contribution in [-0.2, 0) is 9.47 Å². The molecule has 1 atom stereocenters. The van der Waals surface area contributed by atoms with E-state index in [9.17, 15) is 4.79 Å². The van der Waals surface area contributed by atoms with Gasteiger partial charge in [-0.25, -0.2) is 4.79 Å². The maximum absolute atomic E-state index is 10.0. The first kappa shape index (κ1) is 15.7. The number of aliphatic hydroxyl groups is 1. The first-order valence-corrected chi connectivity index (χ1v) is 4.47. The zero-order chi connectivity index (χ0) is 11.8. The predicted octanol–water partition coefficient (Wildman–Crippen LogP) is 1.24. The Morgan fingerprint density at radius 3 is 1.93 bits per heavy atom. The van der Waals surface area contributed by atoms with Gasteiger partial charge in [-0.3, -0.25) is 0 Å². The molecule has 5 nitrogen and oxygen atoms in total. The molecule has 0 heterocycles. The van der Waals surface area contributed by atoms with Crippen LogP contribution in [0.25, 0.3) is 0 Å². The van der Waals surface area contributed by atoms with Crippen LogP contribution in [0.1, 0.15) is 34.6 Å². The number of carbonyl (C=O) groups excluding carboxylic acids is 1. The van der Waals surface area contributed by atoms with Crippen molar-refractivity contribution in [1.82, 2.24) is 0 Å². The molecule has 0 spiro atoms. The Labute approximate surface area is 85.2 Å². The molecule has 0 aromatic rings. The summed E-state index contributed by atoms with van der Waals surface area (Å²) in [4.78, 5) is 10.0. The summed E-state index contributed by atoms with van der Waals surface area (Å²) in [6.07, 6.45) is -1.33. The van der Waals surface area contributed by atoms with E-state index in [0.717, 1.165) is 0 Å². The number of rotatable bonds is 2. The van der Waals surface area contributed by atoms with Gasteiger partial charge in [-0.2, -0.15) is 0 Å². The van der Waals surface area contributed by atoms with E-state index >= 15 is 0 Å². The number of hydrogen-bond acceptors (Lipinski definition) is 4. The molecule has 0 aliphatic heterocycles. The topological polar surface area (TPSA) is 81.8 Å². The van der Waals surface area contributed by atoms with E-state index in [0.29, 0.717) is 6.61 Å². The highest BCUT2D eigenvalue weighted by Gasteiger charge is 2.12. The third-order valence-corrected chi connectivity index (χ3v) is 0.815. The fraction of sp³-hybridized carbons (Fsp3) is 0.889. The summed E-state index contributed by atoms with van der Waals surface area (Å²) in [6, 6.07) is 0. The molecule has 0 aromatic heterocycles. The fourth-order valence-electron chi connectivity index (χ4n) is 0.543. The zero-order valence-corrected chi connectivity index (χ0v) is 9.53. The van der Waals surface area contributed by atoms with Crippen LogP contribution in [0.4, 0.5) is 4.79 Å². The van der Waals surface area contributed by atoms with E-state index in [2.05, 4.69) is 9.47 Å². The minimum atomic E-state index is -0.725. The summed E-state index contributed by atoms with van der Waals surface area (Å²) >= 11 is 0. The quantitative estimate of drug-likeness (QED) is 0.667. The summed E-state index contributed by atoms with van der Waals surface area (Å²) in [6.45, 7) is 9.29. The molecular weight excluding hydrogens is 186 g/mol. The van der Waals surface area contributed by atoms with E-state index < -0.39 is 18.0 Å². The van der Waals surface area contributed by atoms with Crippen molar-refractivity contribution in [2.24, 2.45) is 5.73 Å². The Morgan fingerprint density at radius 2 is 1.93 bits per heavy atom. The van der Waals surface area contributed by atoms with Crippen molar-refractivity contribution >= 4 is 6.09 Å². The van der Waals surface area contributed by atoms with Crippen molar-refractivity contribution in [2.75, 3.05) is 6.61 Å². The maximum Gasteiger partial charge on any atom is 0.405 e. The van der Waals surface area contributed by atoms with Gasteiger partial charge in [0.1, 0.15) is 5.60 Å². The SMILES string of the molecule is CC(C)(C)OC(N)=O.CCOC(C)O. The molecule has 0 bridgehead atoms. The van der Waals surface area contributed by atoms with Gasteiger partial charge in [-0.1, -0.05) is 0 Å². The van der Waals surface area contributed by atoms with Gasteiger partial charge in [0.15, 0.2) is 6.29 Å². The third kappa shape index (κ3) is 22.5. The van der Waals surface area contributed by atoms with Gasteiger partial charge >= 0.3 is 6.09 Å². The van der Waals surface area contributed by atoms with Gasteiger partial charge in [-0.15, -0.1) is 0 Å². The smallest absolute Gasteiger partial charge is 0.405 e. The number of aliphatic hydroxyl groups excluding tert-OH is 1. The number of carbonyl (C=O) groups is 1. The lowest BCUT2D eigenvalue weighted by molar-refractivity contribution is -0.0800. The third-order valence-electron chi connectivity index (χ3n) is 0.815. The lowest BCUT2D eigenvalue weighted by Gasteiger charge is -2.16. The highest BCUT2D eigenvalue weighted by Crippen LogP contribution is 2.04. The Hall–Kier alpha value is -0.810. The molecule has 0 rings (SSSR count). The van der Waals surface area contributed by atoms with Crippen molar-refractivity contribution in [3.63, 3.8) is 0 Å². The summed E-state index contributed by atoms with van der Waals surface area (Å²) in [5.74, 6) is 0. The molecule has 86 valence electrons. The van der Waals surface area contributed by atoms with Crippen LogP contribution < -0.4 is 5.73 Å². The van der Waals surface area contributed by atoms with Gasteiger partial charge in [0.05, 0.1) is 0 Å². The first-order valence-electron chi connectivity index (χ1n) is 4.47. The monoisotopic (exact) mass is 207 g/mol. The Morgan fingerprint density at radius 1 is 1.50 bits per heavy atom. The molecule has 14 heavy (non-hydrogen) atoms. The van der Waals surface area contributed by atoms with Crippen molar-refractivity contribution < 1.29 is 19.4 Å². The van der Waals surface area contributed by atoms with Crippen LogP contribution in [0.5, 0.6) is 0 Å². The van der Waals surface area contributed by atoms with Gasteiger partial charge in [0.2, 0.25) is 0 Å². The van der Waals surface area contributed by atoms with Crippen LogP contribution >= 0.6 is 0 Å². The molecule has 0 aromatic carbocycles. The van der Waals surface area contributed by atoms with E-state index in [4.69, 9.17) is 10.8 Å². The van der Waals surface area contributed by atoms with Crippen LogP contribution in [0.2, 0.25) is 0 Å². The second-order valence-electron chi connectivity index (χ2n) is 3.59. The molecule has 5 heteroatoms. The van der Waals surface area contributed by atoms with E-state index in [1.165, 1.54) is 0 Å². The molecule has 1 amide bonds. The van der Waals surface area contributed by atoms with E-state index in [1.54, 1.807) is 27.7 Å². The van der Waals surface area contributed by atoms with Crippen molar-refractivity contribution in [3.05, 3.63) is 0 Å². The van der Waals surface area contributed by atoms with Crippen LogP contribution in [-0.4, -0.2) is 29.7 Å². The zero-order valence-electron chi connectivity index (χ0n) is 9.53. The van der Waals surface area contributed by atoms with Crippen molar-refractivity contribution in [3.8, 4) is 0 Å².